The SMILES string of the molecule is N[C@@H]1CCC[C@H]1CC(=O)NCCC(=O)NCc1ccccc1. The summed E-state index contributed by atoms with van der Waals surface area (Å²) in [6.45, 7) is 0.895. The number of benzene rings is 1. The first-order valence-electron chi connectivity index (χ1n) is 7.98. The van der Waals surface area contributed by atoms with E-state index in [0.717, 1.165) is 24.8 Å². The highest BCUT2D eigenvalue weighted by atomic mass is 16.2. The van der Waals surface area contributed by atoms with Crippen molar-refractivity contribution in [1.82, 2.24) is 10.6 Å². The van der Waals surface area contributed by atoms with E-state index in [-0.39, 0.29) is 17.9 Å². The van der Waals surface area contributed by atoms with Crippen LogP contribution in [0.5, 0.6) is 0 Å². The average molecular weight is 303 g/mol. The molecule has 1 aliphatic carbocycles. The first-order chi connectivity index (χ1) is 10.6. The van der Waals surface area contributed by atoms with Gasteiger partial charge in [-0.1, -0.05) is 36.8 Å². The molecule has 2 amide bonds. The quantitative estimate of drug-likeness (QED) is 0.710. The lowest BCUT2D eigenvalue weighted by Crippen LogP contribution is -2.34. The van der Waals surface area contributed by atoms with Gasteiger partial charge in [0.1, 0.15) is 0 Å². The molecule has 5 heteroatoms. The predicted molar refractivity (Wildman–Crippen MR) is 85.8 cm³/mol. The number of carbonyl (C=O) groups excluding carboxylic acids is 2. The maximum atomic E-state index is 11.8. The van der Waals surface area contributed by atoms with Crippen LogP contribution in [0.2, 0.25) is 0 Å². The van der Waals surface area contributed by atoms with Crippen LogP contribution in [0.25, 0.3) is 0 Å². The molecule has 0 aliphatic heterocycles. The van der Waals surface area contributed by atoms with Crippen molar-refractivity contribution >= 4 is 11.8 Å². The molecule has 2 rings (SSSR count). The van der Waals surface area contributed by atoms with Gasteiger partial charge < -0.3 is 16.4 Å². The van der Waals surface area contributed by atoms with Crippen molar-refractivity contribution in [3.05, 3.63) is 35.9 Å². The zero-order chi connectivity index (χ0) is 15.8. The zero-order valence-corrected chi connectivity index (χ0v) is 12.9. The summed E-state index contributed by atoms with van der Waals surface area (Å²) in [5, 5.41) is 5.65. The molecule has 120 valence electrons. The summed E-state index contributed by atoms with van der Waals surface area (Å²) in [6, 6.07) is 9.90. The third-order valence-corrected chi connectivity index (χ3v) is 4.17. The summed E-state index contributed by atoms with van der Waals surface area (Å²) in [5.41, 5.74) is 7.02. The van der Waals surface area contributed by atoms with E-state index in [2.05, 4.69) is 10.6 Å². The van der Waals surface area contributed by atoms with E-state index < -0.39 is 0 Å². The minimum Gasteiger partial charge on any atom is -0.356 e. The molecule has 1 aliphatic rings. The highest BCUT2D eigenvalue weighted by molar-refractivity contribution is 5.79. The van der Waals surface area contributed by atoms with E-state index in [1.165, 1.54) is 0 Å². The van der Waals surface area contributed by atoms with E-state index in [0.29, 0.717) is 31.8 Å². The molecule has 0 unspecified atom stereocenters. The van der Waals surface area contributed by atoms with Gasteiger partial charge in [-0.05, 0) is 24.3 Å². The molecule has 22 heavy (non-hydrogen) atoms. The minimum absolute atomic E-state index is 0.00166. The van der Waals surface area contributed by atoms with Crippen LogP contribution in [0, 0.1) is 5.92 Å². The Balaban J connectivity index is 1.57. The largest absolute Gasteiger partial charge is 0.356 e. The Morgan fingerprint density at radius 1 is 1.09 bits per heavy atom. The monoisotopic (exact) mass is 303 g/mol. The Morgan fingerprint density at radius 3 is 2.55 bits per heavy atom. The van der Waals surface area contributed by atoms with Gasteiger partial charge in [-0.3, -0.25) is 9.59 Å². The van der Waals surface area contributed by atoms with Gasteiger partial charge in [-0.15, -0.1) is 0 Å². The molecule has 0 radical (unpaired) electrons. The van der Waals surface area contributed by atoms with Gasteiger partial charge in [0.05, 0.1) is 0 Å². The van der Waals surface area contributed by atoms with Crippen molar-refractivity contribution in [1.29, 1.82) is 0 Å². The number of amides is 2. The second-order valence-corrected chi connectivity index (χ2v) is 5.92. The lowest BCUT2D eigenvalue weighted by molar-refractivity contribution is -0.123. The smallest absolute Gasteiger partial charge is 0.222 e. The molecule has 0 bridgehead atoms. The van der Waals surface area contributed by atoms with Crippen LogP contribution in [-0.4, -0.2) is 24.4 Å². The molecule has 1 fully saturated rings. The molecule has 1 saturated carbocycles. The molecule has 5 nitrogen and oxygen atoms in total. The van der Waals surface area contributed by atoms with Crippen molar-refractivity contribution in [3.63, 3.8) is 0 Å². The number of carbonyl (C=O) groups is 2. The van der Waals surface area contributed by atoms with E-state index in [1.54, 1.807) is 0 Å². The molecule has 0 aromatic heterocycles. The van der Waals surface area contributed by atoms with Crippen LogP contribution in [0.3, 0.4) is 0 Å². The van der Waals surface area contributed by atoms with Gasteiger partial charge in [-0.2, -0.15) is 0 Å². The summed E-state index contributed by atoms with van der Waals surface area (Å²) >= 11 is 0. The summed E-state index contributed by atoms with van der Waals surface area (Å²) in [6.07, 6.45) is 3.94. The van der Waals surface area contributed by atoms with Crippen LogP contribution in [0.15, 0.2) is 30.3 Å². The van der Waals surface area contributed by atoms with E-state index in [4.69, 9.17) is 5.73 Å². The molecule has 2 atom stereocenters. The van der Waals surface area contributed by atoms with Gasteiger partial charge >= 0.3 is 0 Å². The number of nitrogens with two attached hydrogens (primary N) is 1. The van der Waals surface area contributed by atoms with Gasteiger partial charge in [0.2, 0.25) is 11.8 Å². The Bertz CT molecular complexity index is 490. The lowest BCUT2D eigenvalue weighted by atomic mass is 10.00. The Labute approximate surface area is 131 Å². The minimum atomic E-state index is -0.0540. The fourth-order valence-electron chi connectivity index (χ4n) is 2.83. The molecule has 0 spiro atoms. The zero-order valence-electron chi connectivity index (χ0n) is 12.9. The van der Waals surface area contributed by atoms with Crippen molar-refractivity contribution in [2.24, 2.45) is 11.7 Å². The molecule has 1 aromatic carbocycles. The number of hydrogen-bond acceptors (Lipinski definition) is 3. The average Bonchev–Trinajstić information content (AvgIpc) is 2.91. The second kappa shape index (κ2) is 8.54. The summed E-state index contributed by atoms with van der Waals surface area (Å²) in [4.78, 5) is 23.5. The van der Waals surface area contributed by atoms with E-state index in [1.807, 2.05) is 30.3 Å². The van der Waals surface area contributed by atoms with Crippen LogP contribution in [0.1, 0.15) is 37.7 Å². The molecule has 4 N–H and O–H groups in total. The summed E-state index contributed by atoms with van der Waals surface area (Å²) < 4.78 is 0. The normalized spacial score (nSPS) is 20.6. The van der Waals surface area contributed by atoms with E-state index in [9.17, 15) is 9.59 Å². The highest BCUT2D eigenvalue weighted by Gasteiger charge is 2.25. The number of hydrogen-bond donors (Lipinski definition) is 3. The maximum Gasteiger partial charge on any atom is 0.222 e. The molecule has 1 aromatic rings. The third kappa shape index (κ3) is 5.48. The highest BCUT2D eigenvalue weighted by Crippen LogP contribution is 2.26. The lowest BCUT2D eigenvalue weighted by Gasteiger charge is -2.14. The first kappa shape index (κ1) is 16.5. The van der Waals surface area contributed by atoms with Gasteiger partial charge in [-0.25, -0.2) is 0 Å². The first-order valence-corrected chi connectivity index (χ1v) is 7.98. The Hall–Kier alpha value is -1.88. The molecule has 0 saturated heterocycles. The number of rotatable bonds is 7. The van der Waals surface area contributed by atoms with Crippen LogP contribution < -0.4 is 16.4 Å². The predicted octanol–water partition coefficient (Wildman–Crippen LogP) is 1.33. The number of nitrogens with one attached hydrogen (secondary N) is 2. The van der Waals surface area contributed by atoms with Crippen LogP contribution in [0.4, 0.5) is 0 Å². The fraction of sp³-hybridized carbons (Fsp3) is 0.529. The third-order valence-electron chi connectivity index (χ3n) is 4.17. The van der Waals surface area contributed by atoms with Crippen molar-refractivity contribution in [3.8, 4) is 0 Å². The van der Waals surface area contributed by atoms with Gasteiger partial charge in [0.25, 0.3) is 0 Å². The topological polar surface area (TPSA) is 84.2 Å². The molecular weight excluding hydrogens is 278 g/mol. The Morgan fingerprint density at radius 2 is 1.86 bits per heavy atom. The Kier molecular flexibility index (Phi) is 6.40. The second-order valence-electron chi connectivity index (χ2n) is 5.92. The van der Waals surface area contributed by atoms with E-state index >= 15 is 0 Å². The van der Waals surface area contributed by atoms with Gasteiger partial charge in [0.15, 0.2) is 0 Å². The van der Waals surface area contributed by atoms with Crippen molar-refractivity contribution in [2.75, 3.05) is 6.54 Å². The fourth-order valence-corrected chi connectivity index (χ4v) is 2.83. The van der Waals surface area contributed by atoms with Gasteiger partial charge in [0, 0.05) is 32.0 Å². The van der Waals surface area contributed by atoms with Crippen molar-refractivity contribution < 1.29 is 9.59 Å². The summed E-state index contributed by atoms with van der Waals surface area (Å²) in [5.74, 6) is 0.242. The van der Waals surface area contributed by atoms with Crippen molar-refractivity contribution in [2.45, 2.75) is 44.7 Å². The van der Waals surface area contributed by atoms with Crippen LogP contribution in [-0.2, 0) is 16.1 Å². The molecular formula is C17H25N3O2. The molecule has 0 heterocycles. The maximum absolute atomic E-state index is 11.8. The standard InChI is InChI=1S/C17H25N3O2/c18-15-8-4-7-14(15)11-17(22)19-10-9-16(21)20-12-13-5-2-1-3-6-13/h1-3,5-6,14-15H,4,7-12,18H2,(H,19,22)(H,20,21)/t14-,15+/m0/s1. The van der Waals surface area contributed by atoms with Crippen LogP contribution >= 0.6 is 0 Å². The summed E-state index contributed by atoms with van der Waals surface area (Å²) in [7, 11) is 0.